The molecular weight excluding hydrogens is 216 g/mol. The van der Waals surface area contributed by atoms with E-state index in [-0.39, 0.29) is 0 Å². The van der Waals surface area contributed by atoms with Crippen molar-refractivity contribution in [3.63, 3.8) is 0 Å². The van der Waals surface area contributed by atoms with Crippen LogP contribution in [0.15, 0.2) is 24.3 Å². The second-order valence-corrected chi connectivity index (χ2v) is 4.72. The highest BCUT2D eigenvalue weighted by atomic mass is 16.5. The molecule has 1 fully saturated rings. The minimum Gasteiger partial charge on any atom is -0.497 e. The molecule has 1 aromatic carbocycles. The standard InChI is InChI=1S/C14H20O3/c1-16-13-5-2-4-12(10-13)11-14(15)6-3-8-17-9-7-14/h2,4-5,10,15H,3,6-9,11H2,1H3. The highest BCUT2D eigenvalue weighted by Crippen LogP contribution is 2.26. The lowest BCUT2D eigenvalue weighted by Gasteiger charge is -2.26. The third-order valence-electron chi connectivity index (χ3n) is 3.31. The molecule has 3 nitrogen and oxygen atoms in total. The molecule has 2 rings (SSSR count). The van der Waals surface area contributed by atoms with Crippen LogP contribution in [0.25, 0.3) is 0 Å². The smallest absolute Gasteiger partial charge is 0.119 e. The van der Waals surface area contributed by atoms with Crippen molar-refractivity contribution < 1.29 is 14.6 Å². The fourth-order valence-corrected chi connectivity index (χ4v) is 2.33. The number of ether oxygens (including phenoxy) is 2. The molecule has 0 bridgehead atoms. The lowest BCUT2D eigenvalue weighted by Crippen LogP contribution is -2.31. The van der Waals surface area contributed by atoms with Gasteiger partial charge in [-0.25, -0.2) is 0 Å². The molecule has 3 heteroatoms. The van der Waals surface area contributed by atoms with Gasteiger partial charge in [0.1, 0.15) is 5.75 Å². The van der Waals surface area contributed by atoms with Crippen molar-refractivity contribution in [2.24, 2.45) is 0 Å². The SMILES string of the molecule is COc1cccc(CC2(O)CCCOCC2)c1. The molecule has 1 aliphatic rings. The molecule has 1 unspecified atom stereocenters. The lowest BCUT2D eigenvalue weighted by atomic mass is 9.88. The van der Waals surface area contributed by atoms with E-state index in [1.54, 1.807) is 7.11 Å². The van der Waals surface area contributed by atoms with Gasteiger partial charge in [0.2, 0.25) is 0 Å². The van der Waals surface area contributed by atoms with Crippen LogP contribution < -0.4 is 4.74 Å². The van der Waals surface area contributed by atoms with Crippen LogP contribution in [0.1, 0.15) is 24.8 Å². The zero-order valence-electron chi connectivity index (χ0n) is 10.3. The molecule has 0 saturated carbocycles. The molecular formula is C14H20O3. The van der Waals surface area contributed by atoms with Crippen LogP contribution in [0, 0.1) is 0 Å². The van der Waals surface area contributed by atoms with E-state index in [2.05, 4.69) is 0 Å². The maximum Gasteiger partial charge on any atom is 0.119 e. The molecule has 1 N–H and O–H groups in total. The molecule has 17 heavy (non-hydrogen) atoms. The largest absolute Gasteiger partial charge is 0.497 e. The van der Waals surface area contributed by atoms with E-state index in [0.717, 1.165) is 30.8 Å². The minimum atomic E-state index is -0.622. The maximum atomic E-state index is 10.5. The van der Waals surface area contributed by atoms with Crippen LogP contribution in [0.2, 0.25) is 0 Å². The third-order valence-corrected chi connectivity index (χ3v) is 3.31. The lowest BCUT2D eigenvalue weighted by molar-refractivity contribution is 0.0188. The first-order valence-corrected chi connectivity index (χ1v) is 6.15. The van der Waals surface area contributed by atoms with Gasteiger partial charge in [-0.15, -0.1) is 0 Å². The fourth-order valence-electron chi connectivity index (χ4n) is 2.33. The average Bonchev–Trinajstić information content (AvgIpc) is 2.54. The molecule has 0 spiro atoms. The van der Waals surface area contributed by atoms with Gasteiger partial charge in [-0.3, -0.25) is 0 Å². The van der Waals surface area contributed by atoms with Gasteiger partial charge in [0, 0.05) is 19.6 Å². The molecule has 1 saturated heterocycles. The molecule has 0 radical (unpaired) electrons. The fraction of sp³-hybridized carbons (Fsp3) is 0.571. The number of benzene rings is 1. The Labute approximate surface area is 102 Å². The van der Waals surface area contributed by atoms with Crippen LogP contribution in [0.5, 0.6) is 5.75 Å². The summed E-state index contributed by atoms with van der Waals surface area (Å²) in [4.78, 5) is 0. The summed E-state index contributed by atoms with van der Waals surface area (Å²) in [7, 11) is 1.66. The van der Waals surface area contributed by atoms with Crippen LogP contribution in [0.3, 0.4) is 0 Å². The summed E-state index contributed by atoms with van der Waals surface area (Å²) < 4.78 is 10.6. The quantitative estimate of drug-likeness (QED) is 0.874. The summed E-state index contributed by atoms with van der Waals surface area (Å²) in [5.74, 6) is 0.843. The minimum absolute atomic E-state index is 0.622. The van der Waals surface area contributed by atoms with E-state index in [1.807, 2.05) is 24.3 Å². The number of methoxy groups -OCH3 is 1. The molecule has 1 heterocycles. The summed E-state index contributed by atoms with van der Waals surface area (Å²) in [5.41, 5.74) is 0.497. The molecule has 0 aromatic heterocycles. The van der Waals surface area contributed by atoms with Crippen molar-refractivity contribution in [2.75, 3.05) is 20.3 Å². The Morgan fingerprint density at radius 1 is 1.35 bits per heavy atom. The first-order chi connectivity index (χ1) is 8.22. The van der Waals surface area contributed by atoms with Gasteiger partial charge in [-0.05, 0) is 37.0 Å². The van der Waals surface area contributed by atoms with E-state index in [4.69, 9.17) is 9.47 Å². The van der Waals surface area contributed by atoms with Crippen molar-refractivity contribution in [1.29, 1.82) is 0 Å². The van der Waals surface area contributed by atoms with Gasteiger partial charge in [0.15, 0.2) is 0 Å². The molecule has 1 atom stereocenters. The monoisotopic (exact) mass is 236 g/mol. The van der Waals surface area contributed by atoms with Gasteiger partial charge in [-0.1, -0.05) is 12.1 Å². The van der Waals surface area contributed by atoms with E-state index < -0.39 is 5.60 Å². The Morgan fingerprint density at radius 3 is 3.06 bits per heavy atom. The topological polar surface area (TPSA) is 38.7 Å². The predicted octanol–water partition coefficient (Wildman–Crippen LogP) is 2.17. The van der Waals surface area contributed by atoms with Gasteiger partial charge >= 0.3 is 0 Å². The molecule has 1 aromatic rings. The van der Waals surface area contributed by atoms with Gasteiger partial charge < -0.3 is 14.6 Å². The van der Waals surface area contributed by atoms with Crippen molar-refractivity contribution >= 4 is 0 Å². The number of rotatable bonds is 3. The van der Waals surface area contributed by atoms with Gasteiger partial charge in [0.25, 0.3) is 0 Å². The average molecular weight is 236 g/mol. The Bertz CT molecular complexity index is 354. The Kier molecular flexibility index (Phi) is 4.02. The first-order valence-electron chi connectivity index (χ1n) is 6.15. The molecule has 0 aliphatic carbocycles. The Balaban J connectivity index is 2.07. The summed E-state index contributed by atoms with van der Waals surface area (Å²) in [6, 6.07) is 7.91. The highest BCUT2D eigenvalue weighted by molar-refractivity contribution is 5.29. The van der Waals surface area contributed by atoms with Gasteiger partial charge in [0.05, 0.1) is 12.7 Å². The zero-order chi connectivity index (χ0) is 12.1. The summed E-state index contributed by atoms with van der Waals surface area (Å²) in [6.07, 6.45) is 3.13. The van der Waals surface area contributed by atoms with Crippen molar-refractivity contribution in [3.8, 4) is 5.75 Å². The predicted molar refractivity (Wildman–Crippen MR) is 66.3 cm³/mol. The highest BCUT2D eigenvalue weighted by Gasteiger charge is 2.28. The molecule has 94 valence electrons. The van der Waals surface area contributed by atoms with Gasteiger partial charge in [-0.2, -0.15) is 0 Å². The van der Waals surface area contributed by atoms with E-state index in [0.29, 0.717) is 19.4 Å². The zero-order valence-corrected chi connectivity index (χ0v) is 10.3. The van der Waals surface area contributed by atoms with Crippen LogP contribution in [-0.4, -0.2) is 31.0 Å². The van der Waals surface area contributed by atoms with Crippen molar-refractivity contribution in [2.45, 2.75) is 31.3 Å². The Morgan fingerprint density at radius 2 is 2.24 bits per heavy atom. The third kappa shape index (κ3) is 3.45. The second kappa shape index (κ2) is 5.52. The summed E-state index contributed by atoms with van der Waals surface area (Å²) in [6.45, 7) is 1.42. The van der Waals surface area contributed by atoms with E-state index in [1.165, 1.54) is 0 Å². The first kappa shape index (κ1) is 12.4. The summed E-state index contributed by atoms with van der Waals surface area (Å²) in [5, 5.41) is 10.5. The molecule has 1 aliphatic heterocycles. The number of hydrogen-bond acceptors (Lipinski definition) is 3. The molecule has 0 amide bonds. The maximum absolute atomic E-state index is 10.5. The second-order valence-electron chi connectivity index (χ2n) is 4.72. The van der Waals surface area contributed by atoms with Crippen molar-refractivity contribution in [3.05, 3.63) is 29.8 Å². The Hall–Kier alpha value is -1.06. The normalized spacial score (nSPS) is 25.3. The van der Waals surface area contributed by atoms with Crippen molar-refractivity contribution in [1.82, 2.24) is 0 Å². The number of aliphatic hydroxyl groups is 1. The summed E-state index contributed by atoms with van der Waals surface area (Å²) >= 11 is 0. The van der Waals surface area contributed by atoms with Crippen LogP contribution >= 0.6 is 0 Å². The van der Waals surface area contributed by atoms with E-state index >= 15 is 0 Å². The van der Waals surface area contributed by atoms with Crippen LogP contribution in [-0.2, 0) is 11.2 Å². The van der Waals surface area contributed by atoms with Crippen LogP contribution in [0.4, 0.5) is 0 Å². The van der Waals surface area contributed by atoms with E-state index in [9.17, 15) is 5.11 Å². The number of hydrogen-bond donors (Lipinski definition) is 1.